The number of rotatable bonds is 4. The summed E-state index contributed by atoms with van der Waals surface area (Å²) in [7, 11) is 1.43. The van der Waals surface area contributed by atoms with Crippen LogP contribution in [0.3, 0.4) is 0 Å². The molecule has 0 heterocycles. The van der Waals surface area contributed by atoms with E-state index >= 15 is 0 Å². The summed E-state index contributed by atoms with van der Waals surface area (Å²) in [6.45, 7) is 0.355. The Bertz CT molecular complexity index is 428. The van der Waals surface area contributed by atoms with Gasteiger partial charge in [-0.25, -0.2) is 8.78 Å². The van der Waals surface area contributed by atoms with E-state index in [4.69, 9.17) is 10.5 Å². The Morgan fingerprint density at radius 2 is 1.94 bits per heavy atom. The van der Waals surface area contributed by atoms with Gasteiger partial charge in [-0.2, -0.15) is 0 Å². The Hall–Kier alpha value is -1.00. The third-order valence-electron chi connectivity index (χ3n) is 4.00. The molecule has 0 saturated heterocycles. The summed E-state index contributed by atoms with van der Waals surface area (Å²) < 4.78 is 32.9. The van der Waals surface area contributed by atoms with Gasteiger partial charge in [0.1, 0.15) is 11.6 Å². The summed E-state index contributed by atoms with van der Waals surface area (Å²) in [5, 5.41) is 0. The van der Waals surface area contributed by atoms with Crippen molar-refractivity contribution in [3.05, 3.63) is 34.9 Å². The molecule has 2 nitrogen and oxygen atoms in total. The molecule has 0 aromatic heterocycles. The summed E-state index contributed by atoms with van der Waals surface area (Å²) in [6, 6.07) is 2.87. The molecule has 0 spiro atoms. The van der Waals surface area contributed by atoms with E-state index in [1.54, 1.807) is 6.07 Å². The second-order valence-corrected chi connectivity index (χ2v) is 5.01. The predicted molar refractivity (Wildman–Crippen MR) is 66.3 cm³/mol. The first-order chi connectivity index (χ1) is 8.64. The van der Waals surface area contributed by atoms with Gasteiger partial charge in [-0.3, -0.25) is 0 Å². The molecule has 0 aliphatic heterocycles. The van der Waals surface area contributed by atoms with Gasteiger partial charge in [0.05, 0.1) is 6.61 Å². The van der Waals surface area contributed by atoms with Crippen LogP contribution in [-0.2, 0) is 16.8 Å². The van der Waals surface area contributed by atoms with Crippen molar-refractivity contribution in [2.45, 2.75) is 37.7 Å². The highest BCUT2D eigenvalue weighted by Gasteiger charge is 2.37. The minimum Gasteiger partial charge on any atom is -0.380 e. The van der Waals surface area contributed by atoms with Crippen LogP contribution in [0.2, 0.25) is 0 Å². The lowest BCUT2D eigenvalue weighted by Crippen LogP contribution is -2.33. The molecule has 0 bridgehead atoms. The van der Waals surface area contributed by atoms with Gasteiger partial charge in [-0.15, -0.1) is 0 Å². The molecular formula is C14H19F2NO. The molecule has 0 unspecified atom stereocenters. The van der Waals surface area contributed by atoms with E-state index in [0.717, 1.165) is 25.7 Å². The van der Waals surface area contributed by atoms with E-state index < -0.39 is 11.6 Å². The number of hydrogen-bond acceptors (Lipinski definition) is 2. The SMILES string of the molecule is COCc1c(F)ccc(C2(CN)CCCC2)c1F. The van der Waals surface area contributed by atoms with Gasteiger partial charge in [0, 0.05) is 24.6 Å². The van der Waals surface area contributed by atoms with Crippen molar-refractivity contribution < 1.29 is 13.5 Å². The summed E-state index contributed by atoms with van der Waals surface area (Å²) in [5.41, 5.74) is 6.08. The molecule has 2 N–H and O–H groups in total. The van der Waals surface area contributed by atoms with Crippen LogP contribution < -0.4 is 5.73 Å². The second kappa shape index (κ2) is 5.33. The topological polar surface area (TPSA) is 35.2 Å². The number of benzene rings is 1. The molecule has 1 aliphatic rings. The average molecular weight is 255 g/mol. The van der Waals surface area contributed by atoms with Gasteiger partial charge in [0.25, 0.3) is 0 Å². The van der Waals surface area contributed by atoms with Crippen molar-refractivity contribution in [1.29, 1.82) is 0 Å². The highest BCUT2D eigenvalue weighted by molar-refractivity contribution is 5.34. The number of halogens is 2. The highest BCUT2D eigenvalue weighted by atomic mass is 19.1. The normalized spacial score (nSPS) is 18.2. The third kappa shape index (κ3) is 2.15. The van der Waals surface area contributed by atoms with Crippen LogP contribution in [-0.4, -0.2) is 13.7 Å². The minimum absolute atomic E-state index is 0.00900. The van der Waals surface area contributed by atoms with Crippen molar-refractivity contribution in [3.63, 3.8) is 0 Å². The van der Waals surface area contributed by atoms with E-state index in [9.17, 15) is 8.78 Å². The lowest BCUT2D eigenvalue weighted by atomic mass is 9.78. The Morgan fingerprint density at radius 1 is 1.28 bits per heavy atom. The largest absolute Gasteiger partial charge is 0.380 e. The fourth-order valence-electron chi connectivity index (χ4n) is 2.92. The summed E-state index contributed by atoms with van der Waals surface area (Å²) >= 11 is 0. The third-order valence-corrected chi connectivity index (χ3v) is 4.00. The molecule has 2 rings (SSSR count). The van der Waals surface area contributed by atoms with Crippen molar-refractivity contribution in [1.82, 2.24) is 0 Å². The number of nitrogens with two attached hydrogens (primary N) is 1. The quantitative estimate of drug-likeness (QED) is 0.897. The van der Waals surface area contributed by atoms with Gasteiger partial charge in [0.15, 0.2) is 0 Å². The average Bonchev–Trinajstić information content (AvgIpc) is 2.84. The molecule has 100 valence electrons. The van der Waals surface area contributed by atoms with Gasteiger partial charge < -0.3 is 10.5 Å². The second-order valence-electron chi connectivity index (χ2n) is 5.01. The van der Waals surface area contributed by atoms with E-state index in [-0.39, 0.29) is 17.6 Å². The van der Waals surface area contributed by atoms with Crippen LogP contribution in [0.5, 0.6) is 0 Å². The number of methoxy groups -OCH3 is 1. The van der Waals surface area contributed by atoms with Crippen LogP contribution >= 0.6 is 0 Å². The molecule has 0 atom stereocenters. The molecule has 0 radical (unpaired) electrons. The Kier molecular flexibility index (Phi) is 3.97. The Morgan fingerprint density at radius 3 is 2.50 bits per heavy atom. The maximum atomic E-state index is 14.4. The van der Waals surface area contributed by atoms with Crippen LogP contribution in [0.1, 0.15) is 36.8 Å². The van der Waals surface area contributed by atoms with E-state index in [0.29, 0.717) is 12.1 Å². The van der Waals surface area contributed by atoms with Gasteiger partial charge in [-0.05, 0) is 24.5 Å². The molecule has 1 aromatic carbocycles. The van der Waals surface area contributed by atoms with Gasteiger partial charge in [0.2, 0.25) is 0 Å². The highest BCUT2D eigenvalue weighted by Crippen LogP contribution is 2.42. The van der Waals surface area contributed by atoms with Crippen LogP contribution in [0, 0.1) is 11.6 Å². The maximum absolute atomic E-state index is 14.4. The summed E-state index contributed by atoms with van der Waals surface area (Å²) in [5.74, 6) is -1.03. The van der Waals surface area contributed by atoms with Gasteiger partial charge >= 0.3 is 0 Å². The zero-order chi connectivity index (χ0) is 13.2. The molecule has 1 fully saturated rings. The lowest BCUT2D eigenvalue weighted by molar-refractivity contribution is 0.177. The molecule has 4 heteroatoms. The fraction of sp³-hybridized carbons (Fsp3) is 0.571. The summed E-state index contributed by atoms with van der Waals surface area (Å²) in [6.07, 6.45) is 3.85. The molecule has 1 aromatic rings. The van der Waals surface area contributed by atoms with Crippen LogP contribution in [0.15, 0.2) is 12.1 Å². The van der Waals surface area contributed by atoms with E-state index in [2.05, 4.69) is 0 Å². The van der Waals surface area contributed by atoms with Crippen molar-refractivity contribution in [2.75, 3.05) is 13.7 Å². The van der Waals surface area contributed by atoms with Gasteiger partial charge in [-0.1, -0.05) is 18.9 Å². The Balaban J connectivity index is 2.47. The standard InChI is InChI=1S/C14H19F2NO/c1-18-8-10-12(15)5-4-11(13(10)16)14(9-17)6-2-3-7-14/h4-5H,2-3,6-9,17H2,1H3. The van der Waals surface area contributed by atoms with E-state index in [1.165, 1.54) is 13.2 Å². The fourth-order valence-corrected chi connectivity index (χ4v) is 2.92. The Labute approximate surface area is 106 Å². The van der Waals surface area contributed by atoms with Crippen LogP contribution in [0.4, 0.5) is 8.78 Å². The minimum atomic E-state index is -0.553. The molecular weight excluding hydrogens is 236 g/mol. The first-order valence-electron chi connectivity index (χ1n) is 6.31. The van der Waals surface area contributed by atoms with Crippen molar-refractivity contribution in [2.24, 2.45) is 5.73 Å². The summed E-state index contributed by atoms with van der Waals surface area (Å²) in [4.78, 5) is 0. The molecule has 1 aliphatic carbocycles. The molecule has 1 saturated carbocycles. The molecule has 18 heavy (non-hydrogen) atoms. The monoisotopic (exact) mass is 255 g/mol. The maximum Gasteiger partial charge on any atom is 0.135 e. The zero-order valence-corrected chi connectivity index (χ0v) is 10.6. The first-order valence-corrected chi connectivity index (χ1v) is 6.31. The van der Waals surface area contributed by atoms with E-state index in [1.807, 2.05) is 0 Å². The predicted octanol–water partition coefficient (Wildman–Crippen LogP) is 2.88. The smallest absolute Gasteiger partial charge is 0.135 e. The van der Waals surface area contributed by atoms with Crippen LogP contribution in [0.25, 0.3) is 0 Å². The number of ether oxygens (including phenoxy) is 1. The van der Waals surface area contributed by atoms with Crippen molar-refractivity contribution >= 4 is 0 Å². The zero-order valence-electron chi connectivity index (χ0n) is 10.6. The molecule has 0 amide bonds. The van der Waals surface area contributed by atoms with Crippen molar-refractivity contribution in [3.8, 4) is 0 Å². The lowest BCUT2D eigenvalue weighted by Gasteiger charge is -2.29. The number of hydrogen-bond donors (Lipinski definition) is 1. The first kappa shape index (κ1) is 13.4.